The van der Waals surface area contributed by atoms with E-state index in [4.69, 9.17) is 0 Å². The van der Waals surface area contributed by atoms with E-state index in [-0.39, 0.29) is 11.8 Å². The van der Waals surface area contributed by atoms with Crippen molar-refractivity contribution in [1.29, 1.82) is 0 Å². The molecule has 4 rings (SSSR count). The molecule has 0 saturated carbocycles. The smallest absolute Gasteiger partial charge is 0.252 e. The van der Waals surface area contributed by atoms with Gasteiger partial charge in [-0.25, -0.2) is 8.42 Å². The second-order valence-electron chi connectivity index (χ2n) is 7.49. The fraction of sp³-hybridized carbons (Fsp3) is 0.261. The molecular weight excluding hydrogens is 430 g/mol. The molecule has 1 aliphatic heterocycles. The van der Waals surface area contributed by atoms with Crippen LogP contribution in [-0.4, -0.2) is 31.7 Å². The molecule has 162 valence electrons. The molecule has 2 aromatic carbocycles. The fourth-order valence-corrected chi connectivity index (χ4v) is 6.30. The van der Waals surface area contributed by atoms with E-state index in [1.807, 2.05) is 65.7 Å². The molecule has 31 heavy (non-hydrogen) atoms. The van der Waals surface area contributed by atoms with Crippen LogP contribution in [0.1, 0.15) is 18.4 Å². The number of amides is 1. The van der Waals surface area contributed by atoms with Gasteiger partial charge < -0.3 is 0 Å². The maximum atomic E-state index is 13.0. The number of hydrogen-bond donors (Lipinski definition) is 1. The first-order chi connectivity index (χ1) is 15.0. The summed E-state index contributed by atoms with van der Waals surface area (Å²) in [6, 6.07) is 23.1. The molecule has 1 saturated heterocycles. The number of hydrazine groups is 1. The number of carbonyl (C=O) groups excluding carboxylic acids is 1. The van der Waals surface area contributed by atoms with Crippen LogP contribution in [0.3, 0.4) is 0 Å². The number of sulfonamides is 1. The molecule has 6 nitrogen and oxygen atoms in total. The van der Waals surface area contributed by atoms with Gasteiger partial charge in [0.25, 0.3) is 10.0 Å². The molecule has 1 N–H and O–H groups in total. The van der Waals surface area contributed by atoms with Crippen molar-refractivity contribution in [3.63, 3.8) is 0 Å². The molecule has 3 aromatic rings. The molecule has 1 aromatic heterocycles. The Kier molecular flexibility index (Phi) is 6.70. The van der Waals surface area contributed by atoms with Crippen molar-refractivity contribution in [1.82, 2.24) is 9.73 Å². The normalized spacial score (nSPS) is 15.5. The van der Waals surface area contributed by atoms with E-state index in [1.54, 1.807) is 17.5 Å². The van der Waals surface area contributed by atoms with E-state index in [9.17, 15) is 13.2 Å². The number of benzene rings is 2. The van der Waals surface area contributed by atoms with Gasteiger partial charge in [0.1, 0.15) is 4.21 Å². The molecule has 1 amide bonds. The Labute approximate surface area is 187 Å². The molecule has 8 heteroatoms. The van der Waals surface area contributed by atoms with Crippen LogP contribution in [0.4, 0.5) is 5.69 Å². The zero-order chi connectivity index (χ0) is 21.7. The molecule has 0 aliphatic carbocycles. The highest BCUT2D eigenvalue weighted by molar-refractivity contribution is 7.91. The van der Waals surface area contributed by atoms with Crippen LogP contribution in [0.5, 0.6) is 0 Å². The summed E-state index contributed by atoms with van der Waals surface area (Å²) in [7, 11) is -3.46. The fourth-order valence-electron chi connectivity index (χ4n) is 3.69. The standard InChI is InChI=1S/C23H25N3O3S2/c27-23(20-13-15-25(16-14-20)31(28,29)22-12-7-17-30-22)24-26(21-10-5-2-6-11-21)18-19-8-3-1-4-9-19/h1-12,17,20H,13-16,18H2,(H,24,27). The lowest BCUT2D eigenvalue weighted by Gasteiger charge is -2.32. The first kappa shape index (κ1) is 21.5. The van der Waals surface area contributed by atoms with Crippen molar-refractivity contribution in [2.45, 2.75) is 23.6 Å². The number of rotatable bonds is 7. The number of hydrogen-bond acceptors (Lipinski definition) is 5. The van der Waals surface area contributed by atoms with Crippen molar-refractivity contribution in [3.05, 3.63) is 83.7 Å². The molecule has 0 atom stereocenters. The van der Waals surface area contributed by atoms with Crippen LogP contribution in [0.25, 0.3) is 0 Å². The van der Waals surface area contributed by atoms with Crippen molar-refractivity contribution in [2.75, 3.05) is 18.1 Å². The Morgan fingerprint density at radius 2 is 1.61 bits per heavy atom. The van der Waals surface area contributed by atoms with E-state index in [0.29, 0.717) is 36.7 Å². The maximum absolute atomic E-state index is 13.0. The van der Waals surface area contributed by atoms with Crippen LogP contribution < -0.4 is 10.4 Å². The summed E-state index contributed by atoms with van der Waals surface area (Å²) in [4.78, 5) is 13.0. The predicted octanol–water partition coefficient (Wildman–Crippen LogP) is 3.89. The molecular formula is C23H25N3O3S2. The predicted molar refractivity (Wildman–Crippen MR) is 123 cm³/mol. The third-order valence-electron chi connectivity index (χ3n) is 5.41. The molecule has 0 spiro atoms. The summed E-state index contributed by atoms with van der Waals surface area (Å²) in [5.74, 6) is -0.301. The first-order valence-electron chi connectivity index (χ1n) is 10.2. The summed E-state index contributed by atoms with van der Waals surface area (Å²) < 4.78 is 27.3. The van der Waals surface area contributed by atoms with Gasteiger partial charge in [-0.1, -0.05) is 54.6 Å². The quantitative estimate of drug-likeness (QED) is 0.549. The zero-order valence-corrected chi connectivity index (χ0v) is 18.7. The lowest BCUT2D eigenvalue weighted by Crippen LogP contribution is -2.48. The number of thiophene rings is 1. The van der Waals surface area contributed by atoms with Crippen LogP contribution in [0.15, 0.2) is 82.4 Å². The first-order valence-corrected chi connectivity index (χ1v) is 12.6. The molecule has 1 fully saturated rings. The number of nitrogens with one attached hydrogen (secondary N) is 1. The topological polar surface area (TPSA) is 69.7 Å². The second kappa shape index (κ2) is 9.64. The number of para-hydroxylation sites is 1. The Hall–Kier alpha value is -2.68. The summed E-state index contributed by atoms with van der Waals surface area (Å²) in [5.41, 5.74) is 5.05. The highest BCUT2D eigenvalue weighted by Gasteiger charge is 2.33. The Balaban J connectivity index is 1.41. The Morgan fingerprint density at radius 1 is 0.968 bits per heavy atom. The molecule has 2 heterocycles. The van der Waals surface area contributed by atoms with Gasteiger partial charge in [-0.3, -0.25) is 15.2 Å². The van der Waals surface area contributed by atoms with Crippen LogP contribution in [-0.2, 0) is 21.4 Å². The number of nitrogens with zero attached hydrogens (tertiary/aromatic N) is 2. The SMILES string of the molecule is O=C(NN(Cc1ccccc1)c1ccccc1)C1CCN(S(=O)(=O)c2cccs2)CC1. The average Bonchev–Trinajstić information content (AvgIpc) is 3.36. The van der Waals surface area contributed by atoms with Crippen LogP contribution in [0, 0.1) is 5.92 Å². The summed E-state index contributed by atoms with van der Waals surface area (Å²) in [5, 5.41) is 3.62. The number of carbonyl (C=O) groups is 1. The van der Waals surface area contributed by atoms with E-state index in [2.05, 4.69) is 5.43 Å². The number of piperidine rings is 1. The zero-order valence-electron chi connectivity index (χ0n) is 17.1. The maximum Gasteiger partial charge on any atom is 0.252 e. The van der Waals surface area contributed by atoms with Crippen molar-refractivity contribution < 1.29 is 13.2 Å². The van der Waals surface area contributed by atoms with Gasteiger partial charge >= 0.3 is 0 Å². The van der Waals surface area contributed by atoms with Gasteiger partial charge in [0, 0.05) is 19.0 Å². The summed E-state index contributed by atoms with van der Waals surface area (Å²) in [6.07, 6.45) is 1.01. The van der Waals surface area contributed by atoms with Gasteiger partial charge in [0.15, 0.2) is 0 Å². The van der Waals surface area contributed by atoms with Gasteiger partial charge in [-0.15, -0.1) is 11.3 Å². The monoisotopic (exact) mass is 455 g/mol. The van der Waals surface area contributed by atoms with E-state index in [1.165, 1.54) is 15.6 Å². The van der Waals surface area contributed by atoms with Gasteiger partial charge in [0.05, 0.1) is 12.2 Å². The van der Waals surface area contributed by atoms with Crippen molar-refractivity contribution >= 4 is 33.0 Å². The molecule has 0 bridgehead atoms. The minimum Gasteiger partial charge on any atom is -0.281 e. The molecule has 0 unspecified atom stereocenters. The van der Waals surface area contributed by atoms with Crippen molar-refractivity contribution in [2.24, 2.45) is 5.92 Å². The minimum atomic E-state index is -3.46. The largest absolute Gasteiger partial charge is 0.281 e. The minimum absolute atomic E-state index is 0.0760. The lowest BCUT2D eigenvalue weighted by molar-refractivity contribution is -0.126. The third-order valence-corrected chi connectivity index (χ3v) is 8.68. The Bertz CT molecular complexity index is 1080. The van der Waals surface area contributed by atoms with Gasteiger partial charge in [-0.05, 0) is 42.0 Å². The molecule has 0 radical (unpaired) electrons. The highest BCUT2D eigenvalue weighted by Crippen LogP contribution is 2.26. The molecule has 1 aliphatic rings. The average molecular weight is 456 g/mol. The highest BCUT2D eigenvalue weighted by atomic mass is 32.2. The van der Waals surface area contributed by atoms with E-state index >= 15 is 0 Å². The lowest BCUT2D eigenvalue weighted by atomic mass is 9.97. The summed E-state index contributed by atoms with van der Waals surface area (Å²) >= 11 is 1.22. The third kappa shape index (κ3) is 5.15. The summed E-state index contributed by atoms with van der Waals surface area (Å²) in [6.45, 7) is 1.24. The van der Waals surface area contributed by atoms with Crippen molar-refractivity contribution in [3.8, 4) is 0 Å². The second-order valence-corrected chi connectivity index (χ2v) is 10.6. The number of anilines is 1. The van der Waals surface area contributed by atoms with E-state index < -0.39 is 10.0 Å². The van der Waals surface area contributed by atoms with Crippen LogP contribution in [0.2, 0.25) is 0 Å². The van der Waals surface area contributed by atoms with Gasteiger partial charge in [0.2, 0.25) is 5.91 Å². The van der Waals surface area contributed by atoms with Crippen LogP contribution >= 0.6 is 11.3 Å². The Morgan fingerprint density at radius 3 is 2.23 bits per heavy atom. The van der Waals surface area contributed by atoms with E-state index in [0.717, 1.165) is 11.3 Å². The van der Waals surface area contributed by atoms with Gasteiger partial charge in [-0.2, -0.15) is 4.31 Å².